The molecule has 1 aliphatic heterocycles. The Morgan fingerprint density at radius 3 is 2.90 bits per heavy atom. The topological polar surface area (TPSA) is 9.23 Å². The third-order valence-electron chi connectivity index (χ3n) is 3.97. The Bertz CT molecular complexity index is 811. The van der Waals surface area contributed by atoms with E-state index in [2.05, 4.69) is 73.6 Å². The van der Waals surface area contributed by atoms with Crippen molar-refractivity contribution in [1.82, 2.24) is 0 Å². The lowest BCUT2D eigenvalue weighted by molar-refractivity contribution is 0.330. The highest BCUT2D eigenvalue weighted by Crippen LogP contribution is 2.48. The molecule has 0 N–H and O–H groups in total. The van der Waals surface area contributed by atoms with Crippen LogP contribution in [0.2, 0.25) is 0 Å². The number of para-hydroxylation sites is 1. The number of halogens is 2. The van der Waals surface area contributed by atoms with Crippen LogP contribution in [0.15, 0.2) is 52.3 Å². The highest BCUT2D eigenvalue weighted by molar-refractivity contribution is 9.10. The number of hydrogen-bond donors (Lipinski definition) is 0. The normalized spacial score (nSPS) is 18.5. The summed E-state index contributed by atoms with van der Waals surface area (Å²) >= 11 is 9.35. The van der Waals surface area contributed by atoms with Crippen molar-refractivity contribution in [3.05, 3.63) is 63.4 Å². The smallest absolute Gasteiger partial charge is 0.122 e. The average Bonchev–Trinajstić information content (AvgIpc) is 3.11. The molecule has 2 aromatic carbocycles. The zero-order valence-electron chi connectivity index (χ0n) is 11.1. The van der Waals surface area contributed by atoms with Gasteiger partial charge in [0.25, 0.3) is 0 Å². The summed E-state index contributed by atoms with van der Waals surface area (Å²) < 4.78 is 8.31. The molecule has 0 bridgehead atoms. The summed E-state index contributed by atoms with van der Waals surface area (Å²) in [6, 6.07) is 14.7. The van der Waals surface area contributed by atoms with Crippen molar-refractivity contribution < 1.29 is 4.74 Å². The van der Waals surface area contributed by atoms with Crippen LogP contribution in [0.4, 0.5) is 0 Å². The lowest BCUT2D eigenvalue weighted by Crippen LogP contribution is -2.07. The maximum atomic E-state index is 5.83. The summed E-state index contributed by atoms with van der Waals surface area (Å²) in [5, 5.41) is 3.58. The number of rotatable bonds is 2. The third kappa shape index (κ3) is 2.24. The van der Waals surface area contributed by atoms with Crippen molar-refractivity contribution in [3.63, 3.8) is 0 Å². The molecular formula is C17H12Br2OS. The molecule has 2 unspecified atom stereocenters. The fraction of sp³-hybridized carbons (Fsp3) is 0.176. The first kappa shape index (κ1) is 13.8. The number of thiophene rings is 1. The molecule has 106 valence electrons. The number of hydrogen-bond acceptors (Lipinski definition) is 2. The molecule has 1 aliphatic rings. The second kappa shape index (κ2) is 5.41. The molecule has 1 aromatic heterocycles. The van der Waals surface area contributed by atoms with Gasteiger partial charge in [-0.3, -0.25) is 0 Å². The van der Waals surface area contributed by atoms with Crippen LogP contribution < -0.4 is 4.74 Å². The van der Waals surface area contributed by atoms with Gasteiger partial charge in [0.15, 0.2) is 0 Å². The second-order valence-electron chi connectivity index (χ2n) is 5.16. The van der Waals surface area contributed by atoms with E-state index in [0.29, 0.717) is 5.92 Å². The fourth-order valence-electron chi connectivity index (χ4n) is 2.90. The zero-order valence-corrected chi connectivity index (χ0v) is 15.0. The molecule has 4 rings (SSSR count). The van der Waals surface area contributed by atoms with Crippen molar-refractivity contribution in [2.24, 2.45) is 0 Å². The number of ether oxygens (including phenoxy) is 1. The van der Waals surface area contributed by atoms with Gasteiger partial charge in [0.05, 0.1) is 11.4 Å². The second-order valence-corrected chi connectivity index (χ2v) is 7.89. The Labute approximate surface area is 144 Å². The minimum atomic E-state index is 0.268. The third-order valence-corrected chi connectivity index (χ3v) is 7.07. The summed E-state index contributed by atoms with van der Waals surface area (Å²) in [5.74, 6) is 1.38. The van der Waals surface area contributed by atoms with Gasteiger partial charge in [-0.1, -0.05) is 46.3 Å². The standard InChI is InChI=1S/C17H12Br2OS/c18-14-6-3-5-11-13(9-21-17(11)14)16(19)12-8-20-15-7-2-1-4-10(12)15/h1-7,9,12,16H,8H2. The molecular weight excluding hydrogens is 412 g/mol. The van der Waals surface area contributed by atoms with Crippen LogP contribution in [0.3, 0.4) is 0 Å². The minimum Gasteiger partial charge on any atom is -0.493 e. The van der Waals surface area contributed by atoms with Crippen molar-refractivity contribution in [3.8, 4) is 5.75 Å². The van der Waals surface area contributed by atoms with E-state index in [-0.39, 0.29) is 4.83 Å². The Balaban J connectivity index is 1.78. The van der Waals surface area contributed by atoms with Gasteiger partial charge in [-0.2, -0.15) is 0 Å². The summed E-state index contributed by atoms with van der Waals surface area (Å²) in [7, 11) is 0. The van der Waals surface area contributed by atoms with Crippen molar-refractivity contribution in [2.75, 3.05) is 6.61 Å². The van der Waals surface area contributed by atoms with E-state index in [4.69, 9.17) is 4.74 Å². The maximum absolute atomic E-state index is 5.83. The molecule has 3 aromatic rings. The quantitative estimate of drug-likeness (QED) is 0.441. The summed E-state index contributed by atoms with van der Waals surface area (Å²) in [5.41, 5.74) is 2.65. The van der Waals surface area contributed by atoms with Crippen LogP contribution in [0.1, 0.15) is 21.9 Å². The molecule has 21 heavy (non-hydrogen) atoms. The molecule has 0 radical (unpaired) electrons. The first-order valence-corrected chi connectivity index (χ1v) is 9.36. The minimum absolute atomic E-state index is 0.268. The molecule has 2 atom stereocenters. The van der Waals surface area contributed by atoms with Crippen molar-refractivity contribution in [1.29, 1.82) is 0 Å². The predicted molar refractivity (Wildman–Crippen MR) is 95.9 cm³/mol. The van der Waals surface area contributed by atoms with E-state index >= 15 is 0 Å². The van der Waals surface area contributed by atoms with Crippen LogP contribution >= 0.6 is 43.2 Å². The first-order chi connectivity index (χ1) is 10.3. The Kier molecular flexibility index (Phi) is 3.56. The van der Waals surface area contributed by atoms with Gasteiger partial charge in [-0.25, -0.2) is 0 Å². The SMILES string of the molecule is Brc1cccc2c(C(Br)C3COc4ccccc43)csc12. The first-order valence-electron chi connectivity index (χ1n) is 6.77. The van der Waals surface area contributed by atoms with Crippen LogP contribution in [0.5, 0.6) is 5.75 Å². The summed E-state index contributed by atoms with van der Waals surface area (Å²) in [6.45, 7) is 0.737. The predicted octanol–water partition coefficient (Wildman–Crippen LogP) is 6.28. The van der Waals surface area contributed by atoms with Gasteiger partial charge >= 0.3 is 0 Å². The number of benzene rings is 2. The molecule has 0 fully saturated rings. The molecule has 1 nitrogen and oxygen atoms in total. The number of alkyl halides is 1. The highest BCUT2D eigenvalue weighted by atomic mass is 79.9. The zero-order chi connectivity index (χ0) is 14.4. The molecule has 0 saturated heterocycles. The molecule has 4 heteroatoms. The Morgan fingerprint density at radius 2 is 2.00 bits per heavy atom. The van der Waals surface area contributed by atoms with Gasteiger partial charge in [0, 0.05) is 20.7 Å². The lowest BCUT2D eigenvalue weighted by atomic mass is 9.93. The van der Waals surface area contributed by atoms with Crippen molar-refractivity contribution >= 4 is 53.3 Å². The monoisotopic (exact) mass is 422 g/mol. The van der Waals surface area contributed by atoms with Crippen LogP contribution in [0, 0.1) is 0 Å². The van der Waals surface area contributed by atoms with Crippen LogP contribution in [-0.2, 0) is 0 Å². The average molecular weight is 424 g/mol. The van der Waals surface area contributed by atoms with E-state index in [9.17, 15) is 0 Å². The summed E-state index contributed by atoms with van der Waals surface area (Å²) in [4.78, 5) is 0.268. The van der Waals surface area contributed by atoms with Gasteiger partial charge in [0.1, 0.15) is 5.75 Å². The largest absolute Gasteiger partial charge is 0.493 e. The van der Waals surface area contributed by atoms with E-state index in [1.54, 1.807) is 11.3 Å². The van der Waals surface area contributed by atoms with E-state index in [1.165, 1.54) is 25.7 Å². The van der Waals surface area contributed by atoms with Crippen molar-refractivity contribution in [2.45, 2.75) is 10.7 Å². The van der Waals surface area contributed by atoms with Crippen LogP contribution in [-0.4, -0.2) is 6.61 Å². The Hall–Kier alpha value is -0.840. The fourth-order valence-corrected chi connectivity index (χ4v) is 5.55. The van der Waals surface area contributed by atoms with E-state index < -0.39 is 0 Å². The maximum Gasteiger partial charge on any atom is 0.122 e. The lowest BCUT2D eigenvalue weighted by Gasteiger charge is -2.16. The summed E-state index contributed by atoms with van der Waals surface area (Å²) in [6.07, 6.45) is 0. The van der Waals surface area contributed by atoms with Gasteiger partial charge in [0.2, 0.25) is 0 Å². The molecule has 2 heterocycles. The molecule has 0 amide bonds. The molecule has 0 aliphatic carbocycles. The van der Waals surface area contributed by atoms with Gasteiger partial charge in [-0.15, -0.1) is 11.3 Å². The Morgan fingerprint density at radius 1 is 1.14 bits per heavy atom. The molecule has 0 saturated carbocycles. The van der Waals surface area contributed by atoms with E-state index in [1.807, 2.05) is 6.07 Å². The van der Waals surface area contributed by atoms with E-state index in [0.717, 1.165) is 12.4 Å². The van der Waals surface area contributed by atoms with Gasteiger partial charge < -0.3 is 4.74 Å². The highest BCUT2D eigenvalue weighted by Gasteiger charge is 2.31. The number of fused-ring (bicyclic) bond motifs is 2. The van der Waals surface area contributed by atoms with Crippen LogP contribution in [0.25, 0.3) is 10.1 Å². The molecule has 0 spiro atoms. The van der Waals surface area contributed by atoms with Gasteiger partial charge in [-0.05, 0) is 44.4 Å².